The van der Waals surface area contributed by atoms with Gasteiger partial charge in [-0.1, -0.05) is 6.92 Å². The van der Waals surface area contributed by atoms with Gasteiger partial charge in [-0.05, 0) is 29.3 Å². The first-order valence-electron chi connectivity index (χ1n) is 5.89. The Bertz CT molecular complexity index is 549. The Balaban J connectivity index is 2.25. The summed E-state index contributed by atoms with van der Waals surface area (Å²) in [6.07, 6.45) is 3.84. The Hall–Kier alpha value is -1.43. The number of rotatable bonds is 4. The van der Waals surface area contributed by atoms with Crippen LogP contribution in [0.4, 0.5) is 11.5 Å². The van der Waals surface area contributed by atoms with Gasteiger partial charge in [-0.15, -0.1) is 0 Å². The average molecular weight is 310 g/mol. The van der Waals surface area contributed by atoms with E-state index in [1.165, 1.54) is 0 Å². The number of anilines is 2. The summed E-state index contributed by atoms with van der Waals surface area (Å²) >= 11 is 3.41. The zero-order valence-corrected chi connectivity index (χ0v) is 12.3. The summed E-state index contributed by atoms with van der Waals surface area (Å²) in [6.45, 7) is 4.08. The van der Waals surface area contributed by atoms with E-state index in [9.17, 15) is 0 Å². The number of halogens is 1. The molecule has 2 aromatic rings. The number of aromatic nitrogens is 4. The molecule has 0 atom stereocenters. The van der Waals surface area contributed by atoms with E-state index in [-0.39, 0.29) is 0 Å². The van der Waals surface area contributed by atoms with Crippen molar-refractivity contribution in [3.05, 3.63) is 28.4 Å². The van der Waals surface area contributed by atoms with Crippen molar-refractivity contribution in [1.29, 1.82) is 0 Å². The van der Waals surface area contributed by atoms with Crippen LogP contribution >= 0.6 is 15.9 Å². The molecule has 0 aliphatic rings. The van der Waals surface area contributed by atoms with E-state index in [0.29, 0.717) is 0 Å². The van der Waals surface area contributed by atoms with Crippen LogP contribution in [0.3, 0.4) is 0 Å². The average Bonchev–Trinajstić information content (AvgIpc) is 2.57. The molecule has 0 radical (unpaired) electrons. The lowest BCUT2D eigenvalue weighted by molar-refractivity contribution is 0.756. The van der Waals surface area contributed by atoms with Gasteiger partial charge in [0.15, 0.2) is 0 Å². The van der Waals surface area contributed by atoms with Crippen LogP contribution in [0.2, 0.25) is 0 Å². The molecule has 0 saturated carbocycles. The molecule has 2 aromatic heterocycles. The van der Waals surface area contributed by atoms with Crippen LogP contribution in [0.1, 0.15) is 24.9 Å². The van der Waals surface area contributed by atoms with E-state index in [4.69, 9.17) is 0 Å². The maximum absolute atomic E-state index is 4.48. The van der Waals surface area contributed by atoms with E-state index < -0.39 is 0 Å². The third-order valence-corrected chi connectivity index (χ3v) is 2.90. The molecule has 0 fully saturated rings. The van der Waals surface area contributed by atoms with E-state index in [1.807, 2.05) is 26.2 Å². The van der Waals surface area contributed by atoms with Gasteiger partial charge in [0.05, 0.1) is 11.4 Å². The van der Waals surface area contributed by atoms with Gasteiger partial charge in [-0.3, -0.25) is 4.68 Å². The van der Waals surface area contributed by atoms with Crippen molar-refractivity contribution in [1.82, 2.24) is 19.7 Å². The Labute approximate surface area is 115 Å². The van der Waals surface area contributed by atoms with Crippen molar-refractivity contribution < 1.29 is 0 Å². The van der Waals surface area contributed by atoms with Gasteiger partial charge < -0.3 is 5.32 Å². The number of nitrogens with zero attached hydrogens (tertiary/aromatic N) is 4. The maximum Gasteiger partial charge on any atom is 0.135 e. The second-order valence-corrected chi connectivity index (χ2v) is 4.98. The SMILES string of the molecule is CCCc1nc(Br)cc(Nc2cn(C)nc2C)n1. The molecule has 0 unspecified atom stereocenters. The molecule has 0 saturated heterocycles. The zero-order valence-electron chi connectivity index (χ0n) is 10.7. The quantitative estimate of drug-likeness (QED) is 0.882. The molecule has 0 amide bonds. The van der Waals surface area contributed by atoms with Crippen molar-refractivity contribution in [2.75, 3.05) is 5.32 Å². The third kappa shape index (κ3) is 3.07. The molecule has 0 bridgehead atoms. The molecule has 0 spiro atoms. The van der Waals surface area contributed by atoms with E-state index in [0.717, 1.165) is 40.5 Å². The molecular formula is C12H16BrN5. The molecule has 0 aliphatic carbocycles. The molecule has 2 rings (SSSR count). The fourth-order valence-corrected chi connectivity index (χ4v) is 2.15. The molecule has 0 aliphatic heterocycles. The van der Waals surface area contributed by atoms with Crippen molar-refractivity contribution >= 4 is 27.4 Å². The van der Waals surface area contributed by atoms with Crippen molar-refractivity contribution in [3.8, 4) is 0 Å². The smallest absolute Gasteiger partial charge is 0.135 e. The van der Waals surface area contributed by atoms with Crippen LogP contribution in [0, 0.1) is 6.92 Å². The van der Waals surface area contributed by atoms with Crippen molar-refractivity contribution in [3.63, 3.8) is 0 Å². The Morgan fingerprint density at radius 2 is 2.17 bits per heavy atom. The summed E-state index contributed by atoms with van der Waals surface area (Å²) in [5, 5.41) is 7.56. The minimum atomic E-state index is 0.788. The van der Waals surface area contributed by atoms with E-state index in [1.54, 1.807) is 4.68 Å². The highest BCUT2D eigenvalue weighted by molar-refractivity contribution is 9.10. The van der Waals surface area contributed by atoms with Gasteiger partial charge in [-0.2, -0.15) is 5.10 Å². The predicted molar refractivity (Wildman–Crippen MR) is 75.0 cm³/mol. The fraction of sp³-hybridized carbons (Fsp3) is 0.417. The maximum atomic E-state index is 4.48. The third-order valence-electron chi connectivity index (χ3n) is 2.49. The fourth-order valence-electron chi connectivity index (χ4n) is 1.72. The topological polar surface area (TPSA) is 55.6 Å². The molecule has 5 nitrogen and oxygen atoms in total. The standard InChI is InChI=1S/C12H16BrN5/c1-4-5-11-15-10(13)6-12(16-11)14-9-7-18(3)17-8(9)2/h6-7H,4-5H2,1-3H3,(H,14,15,16). The van der Waals surface area contributed by atoms with Crippen LogP contribution in [0.15, 0.2) is 16.9 Å². The second kappa shape index (κ2) is 5.48. The van der Waals surface area contributed by atoms with Crippen molar-refractivity contribution in [2.45, 2.75) is 26.7 Å². The lowest BCUT2D eigenvalue weighted by atomic mass is 10.3. The lowest BCUT2D eigenvalue weighted by Gasteiger charge is -2.06. The van der Waals surface area contributed by atoms with Crippen LogP contribution in [0.5, 0.6) is 0 Å². The van der Waals surface area contributed by atoms with E-state index >= 15 is 0 Å². The minimum Gasteiger partial charge on any atom is -0.337 e. The Morgan fingerprint density at radius 3 is 2.78 bits per heavy atom. The Morgan fingerprint density at radius 1 is 1.39 bits per heavy atom. The van der Waals surface area contributed by atoms with Gasteiger partial charge in [0.2, 0.25) is 0 Å². The van der Waals surface area contributed by atoms with Crippen LogP contribution < -0.4 is 5.32 Å². The largest absolute Gasteiger partial charge is 0.337 e. The summed E-state index contributed by atoms with van der Waals surface area (Å²) < 4.78 is 2.57. The number of nitrogens with one attached hydrogen (secondary N) is 1. The highest BCUT2D eigenvalue weighted by Crippen LogP contribution is 2.20. The predicted octanol–water partition coefficient (Wildman–Crippen LogP) is 2.98. The first-order chi connectivity index (χ1) is 8.58. The zero-order chi connectivity index (χ0) is 13.1. The van der Waals surface area contributed by atoms with Gasteiger partial charge in [0.1, 0.15) is 16.2 Å². The van der Waals surface area contributed by atoms with Gasteiger partial charge >= 0.3 is 0 Å². The summed E-state index contributed by atoms with van der Waals surface area (Å²) in [7, 11) is 1.90. The van der Waals surface area contributed by atoms with Crippen LogP contribution in [-0.4, -0.2) is 19.7 Å². The Kier molecular flexibility index (Phi) is 3.96. The van der Waals surface area contributed by atoms with Gasteiger partial charge in [-0.25, -0.2) is 9.97 Å². The molecular weight excluding hydrogens is 294 g/mol. The van der Waals surface area contributed by atoms with Gasteiger partial charge in [0.25, 0.3) is 0 Å². The summed E-state index contributed by atoms with van der Waals surface area (Å²) in [6, 6.07) is 1.87. The normalized spacial score (nSPS) is 10.7. The summed E-state index contributed by atoms with van der Waals surface area (Å²) in [5.41, 5.74) is 1.91. The van der Waals surface area contributed by atoms with Crippen LogP contribution in [-0.2, 0) is 13.5 Å². The van der Waals surface area contributed by atoms with Crippen molar-refractivity contribution in [2.24, 2.45) is 7.05 Å². The summed E-state index contributed by atoms with van der Waals surface area (Å²) in [5.74, 6) is 1.63. The van der Waals surface area contributed by atoms with E-state index in [2.05, 4.69) is 43.2 Å². The number of hydrogen-bond donors (Lipinski definition) is 1. The minimum absolute atomic E-state index is 0.788. The highest BCUT2D eigenvalue weighted by atomic mass is 79.9. The molecule has 2 heterocycles. The molecule has 1 N–H and O–H groups in total. The lowest BCUT2D eigenvalue weighted by Crippen LogP contribution is -2.00. The molecule has 18 heavy (non-hydrogen) atoms. The second-order valence-electron chi connectivity index (χ2n) is 4.17. The summed E-state index contributed by atoms with van der Waals surface area (Å²) in [4.78, 5) is 8.82. The molecule has 96 valence electrons. The highest BCUT2D eigenvalue weighted by Gasteiger charge is 2.06. The molecule has 6 heteroatoms. The number of aryl methyl sites for hydroxylation is 3. The van der Waals surface area contributed by atoms with Gasteiger partial charge in [0, 0.05) is 25.7 Å². The first kappa shape index (κ1) is 13.0. The first-order valence-corrected chi connectivity index (χ1v) is 6.68. The monoisotopic (exact) mass is 309 g/mol. The van der Waals surface area contributed by atoms with Crippen LogP contribution in [0.25, 0.3) is 0 Å². The molecule has 0 aromatic carbocycles. The number of hydrogen-bond acceptors (Lipinski definition) is 4.